The van der Waals surface area contributed by atoms with Gasteiger partial charge in [0.25, 0.3) is 6.47 Å². The molecule has 0 aliphatic rings. The lowest BCUT2D eigenvalue weighted by Gasteiger charge is -2.14. The number of nitrogens with two attached hydrogens (primary N) is 1. The summed E-state index contributed by atoms with van der Waals surface area (Å²) < 4.78 is 4.63. The Morgan fingerprint density at radius 2 is 2.18 bits per heavy atom. The Kier molecular flexibility index (Phi) is 5.84. The first-order chi connectivity index (χ1) is 5.20. The maximum Gasteiger partial charge on any atom is 0.293 e. The van der Waals surface area contributed by atoms with Gasteiger partial charge in [-0.2, -0.15) is 0 Å². The molecule has 0 radical (unpaired) electrons. The number of hydrogen-bond acceptors (Lipinski definition) is 3. The molecule has 0 aliphatic heterocycles. The Balaban J connectivity index is 3.48. The zero-order valence-corrected chi connectivity index (χ0v) is 7.25. The highest BCUT2D eigenvalue weighted by Gasteiger charge is 2.08. The van der Waals surface area contributed by atoms with Gasteiger partial charge in [0.05, 0.1) is 6.61 Å². The fraction of sp³-hybridized carbons (Fsp3) is 0.875. The summed E-state index contributed by atoms with van der Waals surface area (Å²) in [6.45, 7) is 5.78. The first-order valence-corrected chi connectivity index (χ1v) is 3.96. The standard InChI is InChI=1S/C8H17NO2/c1-7(2)3-8(4-9)5-11-6-10/h6-8H,3-5,9H2,1-2H3/t8-/m1/s1. The lowest BCUT2D eigenvalue weighted by atomic mass is 9.98. The summed E-state index contributed by atoms with van der Waals surface area (Å²) in [7, 11) is 0. The molecule has 0 bridgehead atoms. The normalized spacial score (nSPS) is 13.1. The molecule has 3 heteroatoms. The molecule has 1 atom stereocenters. The summed E-state index contributed by atoms with van der Waals surface area (Å²) >= 11 is 0. The Morgan fingerprint density at radius 3 is 2.55 bits per heavy atom. The average Bonchev–Trinajstić information content (AvgIpc) is 1.97. The van der Waals surface area contributed by atoms with E-state index in [1.807, 2.05) is 0 Å². The SMILES string of the molecule is CC(C)C[C@H](CN)COC=O. The fourth-order valence-corrected chi connectivity index (χ4v) is 1.07. The molecule has 66 valence electrons. The molecular weight excluding hydrogens is 142 g/mol. The third-order valence-electron chi connectivity index (χ3n) is 1.54. The van der Waals surface area contributed by atoms with E-state index in [-0.39, 0.29) is 0 Å². The van der Waals surface area contributed by atoms with Crippen LogP contribution in [0.5, 0.6) is 0 Å². The number of rotatable bonds is 6. The van der Waals surface area contributed by atoms with Crippen molar-refractivity contribution in [3.05, 3.63) is 0 Å². The third kappa shape index (κ3) is 5.85. The summed E-state index contributed by atoms with van der Waals surface area (Å²) in [6, 6.07) is 0. The zero-order valence-electron chi connectivity index (χ0n) is 7.25. The van der Waals surface area contributed by atoms with Gasteiger partial charge in [-0.3, -0.25) is 4.79 Å². The molecule has 0 saturated heterocycles. The number of hydrogen-bond donors (Lipinski definition) is 1. The van der Waals surface area contributed by atoms with Crippen molar-refractivity contribution in [1.29, 1.82) is 0 Å². The van der Waals surface area contributed by atoms with Gasteiger partial charge in [-0.05, 0) is 18.9 Å². The van der Waals surface area contributed by atoms with Gasteiger partial charge in [-0.25, -0.2) is 0 Å². The maximum atomic E-state index is 9.85. The predicted octanol–water partition coefficient (Wildman–Crippen LogP) is 0.780. The van der Waals surface area contributed by atoms with Crippen LogP contribution >= 0.6 is 0 Å². The van der Waals surface area contributed by atoms with Crippen molar-refractivity contribution in [3.8, 4) is 0 Å². The van der Waals surface area contributed by atoms with E-state index in [0.717, 1.165) is 6.42 Å². The third-order valence-corrected chi connectivity index (χ3v) is 1.54. The van der Waals surface area contributed by atoms with Crippen LogP contribution in [0.4, 0.5) is 0 Å². The molecular formula is C8H17NO2. The highest BCUT2D eigenvalue weighted by atomic mass is 16.5. The Labute approximate surface area is 67.9 Å². The minimum Gasteiger partial charge on any atom is -0.468 e. The van der Waals surface area contributed by atoms with E-state index in [9.17, 15) is 4.79 Å². The second kappa shape index (κ2) is 6.16. The van der Waals surface area contributed by atoms with E-state index in [0.29, 0.717) is 31.5 Å². The van der Waals surface area contributed by atoms with E-state index in [4.69, 9.17) is 5.73 Å². The number of ether oxygens (including phenoxy) is 1. The van der Waals surface area contributed by atoms with E-state index >= 15 is 0 Å². The van der Waals surface area contributed by atoms with Crippen LogP contribution in [0.2, 0.25) is 0 Å². The number of carbonyl (C=O) groups is 1. The first kappa shape index (κ1) is 10.4. The molecule has 0 spiro atoms. The fourth-order valence-electron chi connectivity index (χ4n) is 1.07. The summed E-state index contributed by atoms with van der Waals surface area (Å²) in [6.07, 6.45) is 1.02. The molecule has 0 aliphatic carbocycles. The topological polar surface area (TPSA) is 52.3 Å². The van der Waals surface area contributed by atoms with Crippen LogP contribution in [0.1, 0.15) is 20.3 Å². The van der Waals surface area contributed by atoms with Gasteiger partial charge in [-0.1, -0.05) is 13.8 Å². The van der Waals surface area contributed by atoms with Gasteiger partial charge in [0.1, 0.15) is 0 Å². The van der Waals surface area contributed by atoms with Gasteiger partial charge in [0.15, 0.2) is 0 Å². The van der Waals surface area contributed by atoms with Gasteiger partial charge in [0.2, 0.25) is 0 Å². The molecule has 3 nitrogen and oxygen atoms in total. The predicted molar refractivity (Wildman–Crippen MR) is 44.0 cm³/mol. The molecule has 0 aromatic rings. The van der Waals surface area contributed by atoms with E-state index in [1.165, 1.54) is 0 Å². The molecule has 0 aromatic carbocycles. The average molecular weight is 159 g/mol. The minimum atomic E-state index is 0.320. The van der Waals surface area contributed by atoms with Crippen LogP contribution in [0.3, 0.4) is 0 Å². The van der Waals surface area contributed by atoms with Crippen LogP contribution in [-0.4, -0.2) is 19.6 Å². The number of carbonyl (C=O) groups excluding carboxylic acids is 1. The molecule has 0 unspecified atom stereocenters. The van der Waals surface area contributed by atoms with Crippen LogP contribution < -0.4 is 5.73 Å². The monoisotopic (exact) mass is 159 g/mol. The van der Waals surface area contributed by atoms with Gasteiger partial charge in [-0.15, -0.1) is 0 Å². The second-order valence-corrected chi connectivity index (χ2v) is 3.16. The van der Waals surface area contributed by atoms with Crippen molar-refractivity contribution < 1.29 is 9.53 Å². The van der Waals surface area contributed by atoms with Crippen molar-refractivity contribution in [3.63, 3.8) is 0 Å². The largest absolute Gasteiger partial charge is 0.468 e. The van der Waals surface area contributed by atoms with Crippen LogP contribution in [0, 0.1) is 11.8 Å². The Bertz CT molecular complexity index is 104. The molecule has 0 amide bonds. The molecule has 0 aromatic heterocycles. The van der Waals surface area contributed by atoms with E-state index in [1.54, 1.807) is 0 Å². The summed E-state index contributed by atoms with van der Waals surface area (Å²) in [4.78, 5) is 9.85. The second-order valence-electron chi connectivity index (χ2n) is 3.16. The highest BCUT2D eigenvalue weighted by Crippen LogP contribution is 2.09. The quantitative estimate of drug-likeness (QED) is 0.583. The molecule has 0 rings (SSSR count). The van der Waals surface area contributed by atoms with Gasteiger partial charge < -0.3 is 10.5 Å². The summed E-state index contributed by atoms with van der Waals surface area (Å²) in [5.74, 6) is 0.930. The Morgan fingerprint density at radius 1 is 1.55 bits per heavy atom. The first-order valence-electron chi connectivity index (χ1n) is 3.96. The zero-order chi connectivity index (χ0) is 8.69. The molecule has 0 fully saturated rings. The smallest absolute Gasteiger partial charge is 0.293 e. The van der Waals surface area contributed by atoms with Crippen molar-refractivity contribution in [2.24, 2.45) is 17.6 Å². The molecule has 11 heavy (non-hydrogen) atoms. The van der Waals surface area contributed by atoms with E-state index in [2.05, 4.69) is 18.6 Å². The van der Waals surface area contributed by atoms with Gasteiger partial charge >= 0.3 is 0 Å². The van der Waals surface area contributed by atoms with Crippen LogP contribution in [0.15, 0.2) is 0 Å². The lowest BCUT2D eigenvalue weighted by molar-refractivity contribution is -0.130. The minimum absolute atomic E-state index is 0.320. The van der Waals surface area contributed by atoms with Gasteiger partial charge in [0, 0.05) is 5.92 Å². The lowest BCUT2D eigenvalue weighted by Crippen LogP contribution is -2.21. The van der Waals surface area contributed by atoms with Crippen molar-refractivity contribution in [1.82, 2.24) is 0 Å². The van der Waals surface area contributed by atoms with Crippen LogP contribution in [0.25, 0.3) is 0 Å². The highest BCUT2D eigenvalue weighted by molar-refractivity contribution is 5.36. The summed E-state index contributed by atoms with van der Waals surface area (Å²) in [5, 5.41) is 0. The maximum absolute atomic E-state index is 9.85. The van der Waals surface area contributed by atoms with E-state index < -0.39 is 0 Å². The molecule has 0 heterocycles. The van der Waals surface area contributed by atoms with Crippen LogP contribution in [-0.2, 0) is 9.53 Å². The molecule has 0 saturated carbocycles. The van der Waals surface area contributed by atoms with Crippen molar-refractivity contribution >= 4 is 6.47 Å². The summed E-state index contributed by atoms with van der Waals surface area (Å²) in [5.41, 5.74) is 5.47. The molecule has 2 N–H and O–H groups in total. The van der Waals surface area contributed by atoms with Crippen molar-refractivity contribution in [2.75, 3.05) is 13.2 Å². The Hall–Kier alpha value is -0.570. The van der Waals surface area contributed by atoms with Crippen molar-refractivity contribution in [2.45, 2.75) is 20.3 Å².